The molecular weight excluding hydrogens is 253 g/mol. The third-order valence-electron chi connectivity index (χ3n) is 3.75. The molecule has 0 spiro atoms. The van der Waals surface area contributed by atoms with Gasteiger partial charge < -0.3 is 5.32 Å². The van der Waals surface area contributed by atoms with Gasteiger partial charge in [-0.25, -0.2) is 0 Å². The molecule has 1 aromatic rings. The summed E-state index contributed by atoms with van der Waals surface area (Å²) < 4.78 is 0. The van der Waals surface area contributed by atoms with Gasteiger partial charge in [-0.2, -0.15) is 0 Å². The molecule has 0 saturated heterocycles. The van der Waals surface area contributed by atoms with Crippen molar-refractivity contribution in [1.29, 1.82) is 0 Å². The van der Waals surface area contributed by atoms with E-state index in [1.807, 2.05) is 19.2 Å². The Morgan fingerprint density at radius 3 is 2.35 bits per heavy atom. The normalized spacial score (nSPS) is 15.0. The third kappa shape index (κ3) is 3.37. The molecule has 1 nitrogen and oxygen atoms in total. The summed E-state index contributed by atoms with van der Waals surface area (Å²) in [4.78, 5) is 0. The maximum Gasteiger partial charge on any atom is 0.0595 e. The lowest BCUT2D eigenvalue weighted by atomic mass is 9.71. The van der Waals surface area contributed by atoms with Gasteiger partial charge in [-0.1, -0.05) is 50.0 Å². The number of rotatable bonds is 5. The Morgan fingerprint density at radius 2 is 1.88 bits per heavy atom. The van der Waals surface area contributed by atoms with Crippen LogP contribution < -0.4 is 5.32 Å². The Balaban J connectivity index is 3.08. The molecule has 1 atom stereocenters. The van der Waals surface area contributed by atoms with Crippen molar-refractivity contribution in [2.75, 3.05) is 13.6 Å². The fourth-order valence-corrected chi connectivity index (χ4v) is 2.30. The second-order valence-electron chi connectivity index (χ2n) is 5.05. The molecule has 0 fully saturated rings. The first kappa shape index (κ1) is 14.8. The number of hydrogen-bond donors (Lipinski definition) is 1. The minimum Gasteiger partial charge on any atom is -0.320 e. The maximum absolute atomic E-state index is 6.11. The highest BCUT2D eigenvalue weighted by molar-refractivity contribution is 6.42. The van der Waals surface area contributed by atoms with Crippen molar-refractivity contribution in [2.24, 2.45) is 5.92 Å². The molecular formula is C14H21Cl2N. The molecule has 1 rings (SSSR count). The maximum atomic E-state index is 6.11. The zero-order valence-corrected chi connectivity index (χ0v) is 12.5. The van der Waals surface area contributed by atoms with Crippen LogP contribution in [0.2, 0.25) is 10.0 Å². The van der Waals surface area contributed by atoms with Crippen LogP contribution in [0.15, 0.2) is 18.2 Å². The van der Waals surface area contributed by atoms with Gasteiger partial charge in [0.25, 0.3) is 0 Å². The first-order valence-corrected chi connectivity index (χ1v) is 6.77. The lowest BCUT2D eigenvalue weighted by Crippen LogP contribution is -2.32. The third-order valence-corrected chi connectivity index (χ3v) is 4.49. The van der Waals surface area contributed by atoms with Crippen LogP contribution in [0.25, 0.3) is 0 Å². The minimum absolute atomic E-state index is 0.122. The summed E-state index contributed by atoms with van der Waals surface area (Å²) in [6, 6.07) is 5.97. The van der Waals surface area contributed by atoms with E-state index in [1.165, 1.54) is 5.56 Å². The van der Waals surface area contributed by atoms with E-state index in [1.54, 1.807) is 0 Å². The highest BCUT2D eigenvalue weighted by Gasteiger charge is 2.30. The van der Waals surface area contributed by atoms with Crippen LogP contribution in [-0.2, 0) is 5.41 Å². The lowest BCUT2D eigenvalue weighted by molar-refractivity contribution is 0.311. The first-order chi connectivity index (χ1) is 7.91. The van der Waals surface area contributed by atoms with E-state index in [-0.39, 0.29) is 5.41 Å². The van der Waals surface area contributed by atoms with Crippen molar-refractivity contribution in [1.82, 2.24) is 5.32 Å². The Bertz CT molecular complexity index is 376. The van der Waals surface area contributed by atoms with Gasteiger partial charge in [0.2, 0.25) is 0 Å². The van der Waals surface area contributed by atoms with Crippen LogP contribution in [0, 0.1) is 5.92 Å². The van der Waals surface area contributed by atoms with Crippen LogP contribution in [-0.4, -0.2) is 13.6 Å². The fraction of sp³-hybridized carbons (Fsp3) is 0.571. The van der Waals surface area contributed by atoms with Gasteiger partial charge in [0, 0.05) is 0 Å². The molecule has 0 saturated carbocycles. The molecule has 0 amide bonds. The highest BCUT2D eigenvalue weighted by atomic mass is 35.5. The molecule has 0 unspecified atom stereocenters. The molecule has 3 heteroatoms. The molecule has 1 N–H and O–H groups in total. The SMILES string of the molecule is CNCC[C@](C)(c1ccc(Cl)c(Cl)c1)C(C)C. The van der Waals surface area contributed by atoms with Gasteiger partial charge in [0.05, 0.1) is 10.0 Å². The average molecular weight is 274 g/mol. The summed E-state index contributed by atoms with van der Waals surface area (Å²) in [5.41, 5.74) is 1.38. The molecule has 0 aliphatic carbocycles. The predicted molar refractivity (Wildman–Crippen MR) is 77.2 cm³/mol. The van der Waals surface area contributed by atoms with Crippen LogP contribution in [0.1, 0.15) is 32.8 Å². The predicted octanol–water partition coefficient (Wildman–Crippen LogP) is 4.52. The van der Waals surface area contributed by atoms with Gasteiger partial charge in [0.15, 0.2) is 0 Å². The van der Waals surface area contributed by atoms with E-state index in [4.69, 9.17) is 23.2 Å². The smallest absolute Gasteiger partial charge is 0.0595 e. The zero-order chi connectivity index (χ0) is 13.1. The van der Waals surface area contributed by atoms with E-state index < -0.39 is 0 Å². The van der Waals surface area contributed by atoms with E-state index in [0.29, 0.717) is 16.0 Å². The molecule has 0 radical (unpaired) electrons. The van der Waals surface area contributed by atoms with E-state index >= 15 is 0 Å². The molecule has 0 aromatic heterocycles. The van der Waals surface area contributed by atoms with Crippen LogP contribution in [0.5, 0.6) is 0 Å². The second kappa shape index (κ2) is 6.08. The van der Waals surface area contributed by atoms with E-state index in [9.17, 15) is 0 Å². The van der Waals surface area contributed by atoms with Crippen molar-refractivity contribution in [3.8, 4) is 0 Å². The van der Waals surface area contributed by atoms with Gasteiger partial charge in [-0.3, -0.25) is 0 Å². The summed E-state index contributed by atoms with van der Waals surface area (Å²) in [5.74, 6) is 0.549. The Kier molecular flexibility index (Phi) is 5.30. The Hall–Kier alpha value is -0.240. The number of nitrogens with one attached hydrogen (secondary N) is 1. The summed E-state index contributed by atoms with van der Waals surface area (Å²) in [6.45, 7) is 7.78. The largest absolute Gasteiger partial charge is 0.320 e. The highest BCUT2D eigenvalue weighted by Crippen LogP contribution is 2.37. The minimum atomic E-state index is 0.122. The van der Waals surface area contributed by atoms with Gasteiger partial charge in [-0.15, -0.1) is 0 Å². The first-order valence-electron chi connectivity index (χ1n) is 6.02. The van der Waals surface area contributed by atoms with Crippen LogP contribution >= 0.6 is 23.2 Å². The van der Waals surface area contributed by atoms with Crippen molar-refractivity contribution in [3.63, 3.8) is 0 Å². The van der Waals surface area contributed by atoms with E-state index in [2.05, 4.69) is 32.2 Å². The van der Waals surface area contributed by atoms with Crippen molar-refractivity contribution in [3.05, 3.63) is 33.8 Å². The number of hydrogen-bond acceptors (Lipinski definition) is 1. The molecule has 0 heterocycles. The lowest BCUT2D eigenvalue weighted by Gasteiger charge is -2.35. The second-order valence-corrected chi connectivity index (χ2v) is 5.87. The van der Waals surface area contributed by atoms with Gasteiger partial charge in [0.1, 0.15) is 0 Å². The molecule has 0 bridgehead atoms. The summed E-state index contributed by atoms with van der Waals surface area (Å²) >= 11 is 12.1. The monoisotopic (exact) mass is 273 g/mol. The Morgan fingerprint density at radius 1 is 1.24 bits per heavy atom. The summed E-state index contributed by atoms with van der Waals surface area (Å²) in [6.07, 6.45) is 1.08. The Labute approximate surface area is 115 Å². The fourth-order valence-electron chi connectivity index (χ4n) is 2.00. The van der Waals surface area contributed by atoms with Crippen LogP contribution in [0.3, 0.4) is 0 Å². The zero-order valence-electron chi connectivity index (χ0n) is 11.0. The standard InChI is InChI=1S/C14H21Cl2N/c1-10(2)14(3,7-8-17-4)11-5-6-12(15)13(16)9-11/h5-6,9-10,17H,7-8H2,1-4H3/t14-/m0/s1. The molecule has 1 aromatic carbocycles. The van der Waals surface area contributed by atoms with Crippen LogP contribution in [0.4, 0.5) is 0 Å². The molecule has 96 valence electrons. The molecule has 17 heavy (non-hydrogen) atoms. The topological polar surface area (TPSA) is 12.0 Å². The van der Waals surface area contributed by atoms with Crippen molar-refractivity contribution < 1.29 is 0 Å². The summed E-state index contributed by atoms with van der Waals surface area (Å²) in [7, 11) is 1.98. The molecule has 0 aliphatic rings. The molecule has 0 aliphatic heterocycles. The summed E-state index contributed by atoms with van der Waals surface area (Å²) in [5, 5.41) is 4.47. The van der Waals surface area contributed by atoms with Crippen molar-refractivity contribution >= 4 is 23.2 Å². The quantitative estimate of drug-likeness (QED) is 0.832. The van der Waals surface area contributed by atoms with Gasteiger partial charge >= 0.3 is 0 Å². The number of benzene rings is 1. The van der Waals surface area contributed by atoms with Gasteiger partial charge in [-0.05, 0) is 49.0 Å². The van der Waals surface area contributed by atoms with E-state index in [0.717, 1.165) is 13.0 Å². The number of halogens is 2. The average Bonchev–Trinajstić information content (AvgIpc) is 2.29. The van der Waals surface area contributed by atoms with Crippen molar-refractivity contribution in [2.45, 2.75) is 32.6 Å².